The van der Waals surface area contributed by atoms with Crippen molar-refractivity contribution < 1.29 is 4.79 Å². The fourth-order valence-electron chi connectivity index (χ4n) is 1.53. The molecule has 0 aliphatic rings. The first-order valence-electron chi connectivity index (χ1n) is 5.47. The maximum absolute atomic E-state index is 11.1. The van der Waals surface area contributed by atoms with Gasteiger partial charge in [-0.2, -0.15) is 5.10 Å². The number of carbonyl (C=O) groups excluding carboxylic acids is 1. The Morgan fingerprint density at radius 1 is 1.62 bits per heavy atom. The number of rotatable bonds is 5. The summed E-state index contributed by atoms with van der Waals surface area (Å²) in [6.45, 7) is 4.39. The highest BCUT2D eigenvalue weighted by molar-refractivity contribution is 5.93. The molecule has 16 heavy (non-hydrogen) atoms. The Balaban J connectivity index is 2.35. The number of hydrogen-bond donors (Lipinski definition) is 1. The molecule has 1 unspecified atom stereocenters. The molecule has 0 spiro atoms. The van der Waals surface area contributed by atoms with Gasteiger partial charge in [-0.3, -0.25) is 9.48 Å². The van der Waals surface area contributed by atoms with Gasteiger partial charge in [0.2, 0.25) is 0 Å². The molecule has 1 amide bonds. The summed E-state index contributed by atoms with van der Waals surface area (Å²) < 4.78 is 1.93. The van der Waals surface area contributed by atoms with Crippen molar-refractivity contribution in [2.24, 2.45) is 0 Å². The Morgan fingerprint density at radius 2 is 2.44 bits per heavy atom. The lowest BCUT2D eigenvalue weighted by Gasteiger charge is -2.15. The second-order valence-electron chi connectivity index (χ2n) is 3.47. The van der Waals surface area contributed by atoms with Crippen molar-refractivity contribution in [1.82, 2.24) is 15.1 Å². The average molecular weight is 219 g/mol. The van der Waals surface area contributed by atoms with Gasteiger partial charge in [0, 0.05) is 18.9 Å². The molecule has 86 valence electrons. The minimum Gasteiger partial charge on any atom is -0.345 e. The summed E-state index contributed by atoms with van der Waals surface area (Å²) in [6, 6.07) is 2.24. The summed E-state index contributed by atoms with van der Waals surface area (Å²) in [5.41, 5.74) is 0. The highest BCUT2D eigenvalue weighted by Crippen LogP contribution is 2.12. The van der Waals surface area contributed by atoms with E-state index < -0.39 is 0 Å². The van der Waals surface area contributed by atoms with E-state index in [2.05, 4.69) is 29.2 Å². The molecule has 0 saturated heterocycles. The van der Waals surface area contributed by atoms with E-state index in [1.54, 1.807) is 13.1 Å². The predicted molar refractivity (Wildman–Crippen MR) is 62.6 cm³/mol. The van der Waals surface area contributed by atoms with Crippen molar-refractivity contribution in [2.45, 2.75) is 32.7 Å². The molecule has 0 aromatic carbocycles. The zero-order chi connectivity index (χ0) is 11.8. The maximum atomic E-state index is 11.1. The summed E-state index contributed by atoms with van der Waals surface area (Å²) in [4.78, 5) is 11.1. The van der Waals surface area contributed by atoms with Gasteiger partial charge in [0.15, 0.2) is 0 Å². The van der Waals surface area contributed by atoms with E-state index in [9.17, 15) is 4.79 Å². The van der Waals surface area contributed by atoms with E-state index in [1.807, 2.05) is 16.9 Å². The lowest BCUT2D eigenvalue weighted by atomic mass is 10.1. The molecule has 0 bridgehead atoms. The molecule has 4 heteroatoms. The highest BCUT2D eigenvalue weighted by Gasteiger charge is 2.08. The molecular weight excluding hydrogens is 202 g/mol. The lowest BCUT2D eigenvalue weighted by molar-refractivity contribution is -0.115. The van der Waals surface area contributed by atoms with Gasteiger partial charge in [-0.15, -0.1) is 0 Å². The predicted octanol–water partition coefficient (Wildman–Crippen LogP) is 1.36. The van der Waals surface area contributed by atoms with Gasteiger partial charge < -0.3 is 5.32 Å². The van der Waals surface area contributed by atoms with Crippen LogP contribution >= 0.6 is 0 Å². The first-order valence-corrected chi connectivity index (χ1v) is 5.47. The molecule has 0 fully saturated rings. The Labute approximate surface area is 96.0 Å². The molecule has 1 N–H and O–H groups in total. The first-order chi connectivity index (χ1) is 7.77. The van der Waals surface area contributed by atoms with Crippen LogP contribution in [0.15, 0.2) is 18.5 Å². The third-order valence-corrected chi connectivity index (χ3v) is 2.37. The molecule has 1 atom stereocenters. The Hall–Kier alpha value is -1.76. The second-order valence-corrected chi connectivity index (χ2v) is 3.47. The van der Waals surface area contributed by atoms with Gasteiger partial charge >= 0.3 is 0 Å². The number of aromatic nitrogens is 2. The summed E-state index contributed by atoms with van der Waals surface area (Å²) >= 11 is 0. The highest BCUT2D eigenvalue weighted by atomic mass is 16.1. The van der Waals surface area contributed by atoms with Crippen LogP contribution < -0.4 is 5.32 Å². The van der Waals surface area contributed by atoms with Crippen molar-refractivity contribution in [1.29, 1.82) is 0 Å². The monoisotopic (exact) mass is 219 g/mol. The van der Waals surface area contributed by atoms with E-state index in [4.69, 9.17) is 0 Å². The number of amides is 1. The van der Waals surface area contributed by atoms with Gasteiger partial charge in [0.25, 0.3) is 5.91 Å². The van der Waals surface area contributed by atoms with Crippen LogP contribution in [-0.2, 0) is 4.79 Å². The standard InChI is InChI=1S/C12H17N3O/c1-3-6-12(16)13-9-7-11(4-2)15-10-5-8-14-15/h5,8,10-11H,4,7,9H2,1-2H3,(H,13,16). The molecule has 0 aliphatic carbocycles. The zero-order valence-corrected chi connectivity index (χ0v) is 9.73. The van der Waals surface area contributed by atoms with E-state index >= 15 is 0 Å². The smallest absolute Gasteiger partial charge is 0.295 e. The quantitative estimate of drug-likeness (QED) is 0.760. The Kier molecular flexibility index (Phi) is 5.13. The van der Waals surface area contributed by atoms with Crippen molar-refractivity contribution in [2.75, 3.05) is 6.54 Å². The van der Waals surface area contributed by atoms with Crippen LogP contribution in [0.25, 0.3) is 0 Å². The van der Waals surface area contributed by atoms with Crippen LogP contribution in [0.1, 0.15) is 32.7 Å². The first kappa shape index (κ1) is 12.3. The van der Waals surface area contributed by atoms with Crippen LogP contribution in [0.2, 0.25) is 0 Å². The van der Waals surface area contributed by atoms with E-state index in [1.165, 1.54) is 0 Å². The summed E-state index contributed by atoms with van der Waals surface area (Å²) in [5, 5.41) is 6.95. The lowest BCUT2D eigenvalue weighted by Crippen LogP contribution is -2.25. The minimum absolute atomic E-state index is 0.210. The van der Waals surface area contributed by atoms with Crippen LogP contribution in [0.3, 0.4) is 0 Å². The molecule has 1 rings (SSSR count). The summed E-state index contributed by atoms with van der Waals surface area (Å²) in [5.74, 6) is 4.81. The molecule has 0 aliphatic heterocycles. The largest absolute Gasteiger partial charge is 0.345 e. The van der Waals surface area contributed by atoms with Crippen molar-refractivity contribution in [3.63, 3.8) is 0 Å². The number of nitrogens with one attached hydrogen (secondary N) is 1. The fourth-order valence-corrected chi connectivity index (χ4v) is 1.53. The molecule has 1 aromatic heterocycles. The third kappa shape index (κ3) is 3.77. The molecule has 4 nitrogen and oxygen atoms in total. The molecule has 1 aromatic rings. The SMILES string of the molecule is CC#CC(=O)NCCC(CC)n1cccn1. The van der Waals surface area contributed by atoms with Crippen molar-refractivity contribution in [3.8, 4) is 11.8 Å². The van der Waals surface area contributed by atoms with Gasteiger partial charge in [-0.05, 0) is 31.8 Å². The maximum Gasteiger partial charge on any atom is 0.295 e. The third-order valence-electron chi connectivity index (χ3n) is 2.37. The summed E-state index contributed by atoms with van der Waals surface area (Å²) in [7, 11) is 0. The topological polar surface area (TPSA) is 46.9 Å². The molecule has 1 heterocycles. The van der Waals surface area contributed by atoms with Crippen LogP contribution in [0, 0.1) is 11.8 Å². The normalized spacial score (nSPS) is 11.4. The van der Waals surface area contributed by atoms with E-state index in [0.29, 0.717) is 12.6 Å². The van der Waals surface area contributed by atoms with Crippen molar-refractivity contribution >= 4 is 5.91 Å². The van der Waals surface area contributed by atoms with Gasteiger partial charge in [0.1, 0.15) is 0 Å². The Bertz CT molecular complexity index is 373. The molecule has 0 saturated carbocycles. The van der Waals surface area contributed by atoms with E-state index in [0.717, 1.165) is 12.8 Å². The van der Waals surface area contributed by atoms with Crippen LogP contribution in [0.5, 0.6) is 0 Å². The van der Waals surface area contributed by atoms with Gasteiger partial charge in [0.05, 0.1) is 6.04 Å². The number of hydrogen-bond acceptors (Lipinski definition) is 2. The zero-order valence-electron chi connectivity index (χ0n) is 9.73. The van der Waals surface area contributed by atoms with E-state index in [-0.39, 0.29) is 5.91 Å². The molecular formula is C12H17N3O. The second kappa shape index (κ2) is 6.67. The van der Waals surface area contributed by atoms with Gasteiger partial charge in [-0.25, -0.2) is 0 Å². The number of nitrogens with zero attached hydrogens (tertiary/aromatic N) is 2. The summed E-state index contributed by atoms with van der Waals surface area (Å²) in [6.07, 6.45) is 5.58. The number of carbonyl (C=O) groups is 1. The minimum atomic E-state index is -0.210. The van der Waals surface area contributed by atoms with Crippen LogP contribution in [0.4, 0.5) is 0 Å². The van der Waals surface area contributed by atoms with Crippen LogP contribution in [-0.4, -0.2) is 22.2 Å². The molecule has 0 radical (unpaired) electrons. The Morgan fingerprint density at radius 3 is 3.00 bits per heavy atom. The average Bonchev–Trinajstić information content (AvgIpc) is 2.78. The fraction of sp³-hybridized carbons (Fsp3) is 0.500. The van der Waals surface area contributed by atoms with Gasteiger partial charge in [-0.1, -0.05) is 12.8 Å². The van der Waals surface area contributed by atoms with Crippen molar-refractivity contribution in [3.05, 3.63) is 18.5 Å².